The van der Waals surface area contributed by atoms with Gasteiger partial charge in [0, 0.05) is 28.0 Å². The van der Waals surface area contributed by atoms with Crippen molar-refractivity contribution in [3.8, 4) is 0 Å². The van der Waals surface area contributed by atoms with E-state index in [-0.39, 0.29) is 17.3 Å². The molecule has 1 aromatic carbocycles. The molecule has 0 aliphatic carbocycles. The first-order valence-electron chi connectivity index (χ1n) is 7.11. The molecule has 0 aliphatic rings. The third-order valence-electron chi connectivity index (χ3n) is 3.82. The molecule has 0 bridgehead atoms. The Labute approximate surface area is 134 Å². The fourth-order valence-electron chi connectivity index (χ4n) is 2.22. The molecule has 2 N–H and O–H groups in total. The molecule has 1 heterocycles. The predicted molar refractivity (Wildman–Crippen MR) is 88.3 cm³/mol. The van der Waals surface area contributed by atoms with Gasteiger partial charge in [0.15, 0.2) is 5.43 Å². The number of nitrogens with one attached hydrogen (secondary N) is 2. The van der Waals surface area contributed by atoms with E-state index in [2.05, 4.69) is 10.3 Å². The van der Waals surface area contributed by atoms with E-state index in [0.29, 0.717) is 22.7 Å². The second-order valence-electron chi connectivity index (χ2n) is 5.40. The number of rotatable bonds is 4. The van der Waals surface area contributed by atoms with Gasteiger partial charge in [0.25, 0.3) is 0 Å². The fourth-order valence-corrected chi connectivity index (χ4v) is 2.34. The van der Waals surface area contributed by atoms with Gasteiger partial charge in [-0.05, 0) is 38.5 Å². The number of H-pyrrole nitrogens is 1. The van der Waals surface area contributed by atoms with Crippen LogP contribution >= 0.6 is 11.6 Å². The van der Waals surface area contributed by atoms with E-state index in [1.165, 1.54) is 0 Å². The van der Waals surface area contributed by atoms with Crippen LogP contribution in [0.2, 0.25) is 5.02 Å². The summed E-state index contributed by atoms with van der Waals surface area (Å²) in [6.07, 6.45) is 1.67. The largest absolute Gasteiger partial charge is 0.363 e. The van der Waals surface area contributed by atoms with Gasteiger partial charge < -0.3 is 10.3 Å². The predicted octanol–water partition coefficient (Wildman–Crippen LogP) is 3.07. The minimum atomic E-state index is -0.283. The summed E-state index contributed by atoms with van der Waals surface area (Å²) in [5.74, 6) is -0.377. The summed E-state index contributed by atoms with van der Waals surface area (Å²) in [6, 6.07) is 7.21. The van der Waals surface area contributed by atoms with E-state index in [0.717, 1.165) is 11.3 Å². The number of carbonyl (C=O) groups is 1. The van der Waals surface area contributed by atoms with Gasteiger partial charge >= 0.3 is 0 Å². The van der Waals surface area contributed by atoms with Crippen molar-refractivity contribution in [2.24, 2.45) is 0 Å². The molecule has 2 aromatic rings. The second kappa shape index (κ2) is 6.79. The molecule has 0 saturated carbocycles. The van der Waals surface area contributed by atoms with Crippen molar-refractivity contribution in [1.82, 2.24) is 10.3 Å². The quantitative estimate of drug-likeness (QED) is 0.910. The van der Waals surface area contributed by atoms with Crippen LogP contribution in [0.15, 0.2) is 35.3 Å². The number of amides is 1. The summed E-state index contributed by atoms with van der Waals surface area (Å²) in [7, 11) is 0. The molecule has 22 heavy (non-hydrogen) atoms. The smallest absolute Gasteiger partial charge is 0.227 e. The topological polar surface area (TPSA) is 62.0 Å². The number of hydrogen-bond donors (Lipinski definition) is 2. The summed E-state index contributed by atoms with van der Waals surface area (Å²) in [4.78, 5) is 27.2. The van der Waals surface area contributed by atoms with Crippen molar-refractivity contribution < 1.29 is 4.79 Å². The van der Waals surface area contributed by atoms with Crippen LogP contribution in [-0.4, -0.2) is 10.9 Å². The average molecular weight is 319 g/mol. The van der Waals surface area contributed by atoms with Crippen LogP contribution in [-0.2, 0) is 11.3 Å². The lowest BCUT2D eigenvalue weighted by molar-refractivity contribution is -0.122. The number of pyridine rings is 1. The maximum atomic E-state index is 12.2. The lowest BCUT2D eigenvalue weighted by Gasteiger charge is -2.13. The van der Waals surface area contributed by atoms with Gasteiger partial charge in [-0.25, -0.2) is 0 Å². The molecule has 1 aromatic heterocycles. The molecule has 0 spiro atoms. The third-order valence-corrected chi connectivity index (χ3v) is 4.07. The summed E-state index contributed by atoms with van der Waals surface area (Å²) in [5.41, 5.74) is 2.94. The van der Waals surface area contributed by atoms with Gasteiger partial charge in [0.05, 0.1) is 12.5 Å². The monoisotopic (exact) mass is 318 g/mol. The fraction of sp³-hybridized carbons (Fsp3) is 0.294. The standard InChI is InChI=1S/C17H19ClN2O2/c1-10-8-19-15(12(3)16(10)21)9-20-17(22)11(2)13-4-6-14(18)7-5-13/h4-8,11H,9H2,1-3H3,(H,19,21)(H,20,22)/t11-/m0/s1. The van der Waals surface area contributed by atoms with E-state index in [1.54, 1.807) is 32.2 Å². The molecular weight excluding hydrogens is 300 g/mol. The molecule has 1 atom stereocenters. The molecule has 0 aliphatic heterocycles. The van der Waals surface area contributed by atoms with Crippen LogP contribution in [0.5, 0.6) is 0 Å². The first-order valence-corrected chi connectivity index (χ1v) is 7.49. The summed E-state index contributed by atoms with van der Waals surface area (Å²) >= 11 is 5.85. The zero-order valence-corrected chi connectivity index (χ0v) is 13.6. The lowest BCUT2D eigenvalue weighted by atomic mass is 10.0. The first kappa shape index (κ1) is 16.3. The normalized spacial score (nSPS) is 12.0. The third kappa shape index (κ3) is 3.57. The molecule has 0 fully saturated rings. The highest BCUT2D eigenvalue weighted by Gasteiger charge is 2.15. The molecule has 1 amide bonds. The maximum Gasteiger partial charge on any atom is 0.227 e. The zero-order chi connectivity index (χ0) is 16.3. The van der Waals surface area contributed by atoms with Crippen LogP contribution < -0.4 is 10.7 Å². The molecule has 2 rings (SSSR count). The molecule has 0 radical (unpaired) electrons. The van der Waals surface area contributed by atoms with E-state index in [9.17, 15) is 9.59 Å². The highest BCUT2D eigenvalue weighted by Crippen LogP contribution is 2.18. The first-order chi connectivity index (χ1) is 10.4. The van der Waals surface area contributed by atoms with Crippen molar-refractivity contribution in [2.45, 2.75) is 33.2 Å². The van der Waals surface area contributed by atoms with Gasteiger partial charge in [-0.3, -0.25) is 9.59 Å². The van der Waals surface area contributed by atoms with Crippen LogP contribution in [0.25, 0.3) is 0 Å². The van der Waals surface area contributed by atoms with Gasteiger partial charge in [-0.15, -0.1) is 0 Å². The highest BCUT2D eigenvalue weighted by atomic mass is 35.5. The van der Waals surface area contributed by atoms with Crippen molar-refractivity contribution in [1.29, 1.82) is 0 Å². The number of carbonyl (C=O) groups excluding carboxylic acids is 1. The van der Waals surface area contributed by atoms with Crippen molar-refractivity contribution >= 4 is 17.5 Å². The Morgan fingerprint density at radius 2 is 1.91 bits per heavy atom. The van der Waals surface area contributed by atoms with Crippen molar-refractivity contribution in [3.63, 3.8) is 0 Å². The molecule has 116 valence electrons. The molecule has 4 nitrogen and oxygen atoms in total. The minimum absolute atomic E-state index is 0.00810. The number of aryl methyl sites for hydroxylation is 1. The number of hydrogen-bond acceptors (Lipinski definition) is 2. The Hall–Kier alpha value is -2.07. The van der Waals surface area contributed by atoms with E-state index in [1.807, 2.05) is 19.1 Å². The summed E-state index contributed by atoms with van der Waals surface area (Å²) < 4.78 is 0. The van der Waals surface area contributed by atoms with Gasteiger partial charge in [0.1, 0.15) is 0 Å². The van der Waals surface area contributed by atoms with Gasteiger partial charge in [-0.2, -0.15) is 0 Å². The molecular formula is C17H19ClN2O2. The number of benzene rings is 1. The summed E-state index contributed by atoms with van der Waals surface area (Å²) in [5, 5.41) is 3.50. The van der Waals surface area contributed by atoms with Crippen molar-refractivity contribution in [2.75, 3.05) is 0 Å². The molecule has 5 heteroatoms. The molecule has 0 saturated heterocycles. The van der Waals surface area contributed by atoms with E-state index in [4.69, 9.17) is 11.6 Å². The molecule has 0 unspecified atom stereocenters. The van der Waals surface area contributed by atoms with E-state index < -0.39 is 0 Å². The van der Waals surface area contributed by atoms with Gasteiger partial charge in [0.2, 0.25) is 5.91 Å². The summed E-state index contributed by atoms with van der Waals surface area (Å²) in [6.45, 7) is 5.66. The Morgan fingerprint density at radius 1 is 1.27 bits per heavy atom. The Bertz CT molecular complexity index is 735. The van der Waals surface area contributed by atoms with Crippen molar-refractivity contribution in [3.05, 3.63) is 68.1 Å². The minimum Gasteiger partial charge on any atom is -0.363 e. The number of aromatic amines is 1. The second-order valence-corrected chi connectivity index (χ2v) is 5.83. The Balaban J connectivity index is 2.05. The Morgan fingerprint density at radius 3 is 2.55 bits per heavy atom. The average Bonchev–Trinajstić information content (AvgIpc) is 2.51. The van der Waals surface area contributed by atoms with Crippen LogP contribution in [0.4, 0.5) is 0 Å². The number of aromatic nitrogens is 1. The van der Waals surface area contributed by atoms with Crippen LogP contribution in [0, 0.1) is 13.8 Å². The SMILES string of the molecule is Cc1c[nH]c(CNC(=O)[C@@H](C)c2ccc(Cl)cc2)c(C)c1=O. The number of halogens is 1. The zero-order valence-electron chi connectivity index (χ0n) is 12.9. The van der Waals surface area contributed by atoms with E-state index >= 15 is 0 Å². The maximum absolute atomic E-state index is 12.2. The van der Waals surface area contributed by atoms with Crippen LogP contribution in [0.1, 0.15) is 35.2 Å². The Kier molecular flexibility index (Phi) is 5.03. The lowest BCUT2D eigenvalue weighted by Crippen LogP contribution is -2.29. The van der Waals surface area contributed by atoms with Gasteiger partial charge in [-0.1, -0.05) is 23.7 Å². The highest BCUT2D eigenvalue weighted by molar-refractivity contribution is 6.30. The van der Waals surface area contributed by atoms with Crippen LogP contribution in [0.3, 0.4) is 0 Å².